The highest BCUT2D eigenvalue weighted by atomic mass is 35.5. The second-order valence-corrected chi connectivity index (χ2v) is 12.8. The Balaban J connectivity index is 1.24. The van der Waals surface area contributed by atoms with Crippen molar-refractivity contribution < 1.29 is 14.3 Å². The third-order valence-corrected chi connectivity index (χ3v) is 8.80. The number of amides is 2. The molecule has 0 aromatic heterocycles. The third-order valence-electron chi connectivity index (χ3n) is 8.30. The summed E-state index contributed by atoms with van der Waals surface area (Å²) in [7, 11) is 4.29. The highest BCUT2D eigenvalue weighted by Crippen LogP contribution is 2.36. The van der Waals surface area contributed by atoms with Gasteiger partial charge in [0.1, 0.15) is 5.75 Å². The average molecular weight is 611 g/mol. The van der Waals surface area contributed by atoms with E-state index in [2.05, 4.69) is 41.8 Å². The first-order valence-corrected chi connectivity index (χ1v) is 15.3. The maximum Gasteiger partial charge on any atom is 0.263 e. The van der Waals surface area contributed by atoms with E-state index in [1.54, 1.807) is 38.1 Å². The van der Waals surface area contributed by atoms with Crippen LogP contribution in [0.2, 0.25) is 10.0 Å². The van der Waals surface area contributed by atoms with Crippen molar-refractivity contribution in [1.82, 2.24) is 15.5 Å². The van der Waals surface area contributed by atoms with Crippen LogP contribution in [0, 0.1) is 0 Å². The van der Waals surface area contributed by atoms with E-state index in [0.717, 1.165) is 42.7 Å². The van der Waals surface area contributed by atoms with Crippen LogP contribution in [0.1, 0.15) is 61.0 Å². The number of nitrogens with zero attached hydrogens (tertiary/aromatic N) is 1. The Hall–Kier alpha value is -3.06. The fraction of sp³-hybridized carbons (Fsp3) is 0.412. The highest BCUT2D eigenvalue weighted by molar-refractivity contribution is 6.30. The molecule has 0 radical (unpaired) electrons. The van der Waals surface area contributed by atoms with Gasteiger partial charge in [0.15, 0.2) is 5.60 Å². The lowest BCUT2D eigenvalue weighted by Crippen LogP contribution is -2.55. The van der Waals surface area contributed by atoms with E-state index in [4.69, 9.17) is 27.9 Å². The van der Waals surface area contributed by atoms with E-state index in [1.165, 1.54) is 5.56 Å². The predicted octanol–water partition coefficient (Wildman–Crippen LogP) is 6.73. The molecular weight excluding hydrogens is 569 g/mol. The van der Waals surface area contributed by atoms with Gasteiger partial charge in [-0.25, -0.2) is 0 Å². The number of ether oxygens (including phenoxy) is 1. The number of carbonyl (C=O) groups excluding carboxylic acids is 2. The molecule has 42 heavy (non-hydrogen) atoms. The standard InChI is InChI=1S/C34H41Cl2N3O3/c1-33(2,42-30-15-7-24(8-16-30)19-22-37-31(40)26-9-13-28(36)14-10-26)32(41)38-29-17-20-34(21-18-29,39(3)4)23-25-5-11-27(35)12-6-25/h5-16,29H,17-23H2,1-4H3,(H,37,40)(H,38,41). The van der Waals surface area contributed by atoms with Crippen molar-refractivity contribution >= 4 is 35.0 Å². The second kappa shape index (κ2) is 13.9. The molecule has 0 spiro atoms. The van der Waals surface area contributed by atoms with Crippen molar-refractivity contribution in [1.29, 1.82) is 0 Å². The summed E-state index contributed by atoms with van der Waals surface area (Å²) in [4.78, 5) is 27.9. The minimum Gasteiger partial charge on any atom is -0.478 e. The zero-order chi connectivity index (χ0) is 30.3. The van der Waals surface area contributed by atoms with E-state index < -0.39 is 5.60 Å². The topological polar surface area (TPSA) is 70.7 Å². The van der Waals surface area contributed by atoms with E-state index in [9.17, 15) is 9.59 Å². The smallest absolute Gasteiger partial charge is 0.263 e. The summed E-state index contributed by atoms with van der Waals surface area (Å²) in [6, 6.07) is 22.7. The van der Waals surface area contributed by atoms with Gasteiger partial charge in [-0.05, 0) is 126 Å². The lowest BCUT2D eigenvalue weighted by molar-refractivity contribution is -0.135. The minimum atomic E-state index is -1.02. The Morgan fingerprint density at radius 1 is 0.881 bits per heavy atom. The number of nitrogens with one attached hydrogen (secondary N) is 2. The maximum atomic E-state index is 13.3. The molecule has 3 aromatic rings. The predicted molar refractivity (Wildman–Crippen MR) is 171 cm³/mol. The quantitative estimate of drug-likeness (QED) is 0.253. The molecule has 3 aromatic carbocycles. The summed E-state index contributed by atoms with van der Waals surface area (Å²) < 4.78 is 6.13. The Kier molecular flexibility index (Phi) is 10.6. The largest absolute Gasteiger partial charge is 0.478 e. The third kappa shape index (κ3) is 8.50. The molecule has 1 aliphatic rings. The van der Waals surface area contributed by atoms with Crippen LogP contribution in [0.25, 0.3) is 0 Å². The molecular formula is C34H41Cl2N3O3. The molecule has 1 fully saturated rings. The van der Waals surface area contributed by atoms with Gasteiger partial charge in [-0.15, -0.1) is 0 Å². The molecule has 0 aliphatic heterocycles. The average Bonchev–Trinajstić information content (AvgIpc) is 2.96. The Morgan fingerprint density at radius 3 is 2.00 bits per heavy atom. The second-order valence-electron chi connectivity index (χ2n) is 11.9. The molecule has 0 bridgehead atoms. The van der Waals surface area contributed by atoms with Gasteiger partial charge < -0.3 is 20.3 Å². The fourth-order valence-electron chi connectivity index (χ4n) is 5.51. The number of rotatable bonds is 11. The zero-order valence-corrected chi connectivity index (χ0v) is 26.4. The molecule has 6 nitrogen and oxygen atoms in total. The van der Waals surface area contributed by atoms with Crippen LogP contribution in [0.5, 0.6) is 5.75 Å². The van der Waals surface area contributed by atoms with E-state index >= 15 is 0 Å². The zero-order valence-electron chi connectivity index (χ0n) is 24.9. The number of halogens is 2. The number of benzene rings is 3. The van der Waals surface area contributed by atoms with Crippen LogP contribution in [0.3, 0.4) is 0 Å². The molecule has 4 rings (SSSR count). The van der Waals surface area contributed by atoms with Crippen molar-refractivity contribution in [3.8, 4) is 5.75 Å². The lowest BCUT2D eigenvalue weighted by Gasteiger charge is -2.46. The van der Waals surface area contributed by atoms with Crippen LogP contribution in [-0.2, 0) is 17.6 Å². The monoisotopic (exact) mass is 609 g/mol. The SMILES string of the molecule is CN(C)C1(Cc2ccc(Cl)cc2)CCC(NC(=O)C(C)(C)Oc2ccc(CCNC(=O)c3ccc(Cl)cc3)cc2)CC1. The highest BCUT2D eigenvalue weighted by Gasteiger charge is 2.39. The first kappa shape index (κ1) is 31.9. The van der Waals surface area contributed by atoms with Gasteiger partial charge in [0.25, 0.3) is 11.8 Å². The summed E-state index contributed by atoms with van der Waals surface area (Å²) in [6.45, 7) is 4.11. The number of likely N-dealkylation sites (N-methyl/N-ethyl adjacent to an activating group) is 1. The van der Waals surface area contributed by atoms with Crippen LogP contribution >= 0.6 is 23.2 Å². The molecule has 8 heteroatoms. The van der Waals surface area contributed by atoms with Gasteiger partial charge >= 0.3 is 0 Å². The molecule has 1 aliphatic carbocycles. The van der Waals surface area contributed by atoms with Gasteiger partial charge in [-0.3, -0.25) is 9.59 Å². The van der Waals surface area contributed by atoms with Gasteiger partial charge in [0.2, 0.25) is 0 Å². The van der Waals surface area contributed by atoms with Crippen molar-refractivity contribution in [2.24, 2.45) is 0 Å². The lowest BCUT2D eigenvalue weighted by atomic mass is 9.74. The molecule has 0 heterocycles. The van der Waals surface area contributed by atoms with E-state index in [0.29, 0.717) is 29.3 Å². The Labute approximate surface area is 259 Å². The molecule has 224 valence electrons. The Bertz CT molecular complexity index is 1330. The fourth-order valence-corrected chi connectivity index (χ4v) is 5.76. The van der Waals surface area contributed by atoms with Gasteiger partial charge in [0, 0.05) is 33.7 Å². The summed E-state index contributed by atoms with van der Waals surface area (Å²) in [5.41, 5.74) is 1.95. The minimum absolute atomic E-state index is 0.0570. The van der Waals surface area contributed by atoms with Gasteiger partial charge in [-0.1, -0.05) is 47.5 Å². The normalized spacial score (nSPS) is 18.9. The molecule has 0 unspecified atom stereocenters. The van der Waals surface area contributed by atoms with Crippen molar-refractivity contribution in [2.45, 2.75) is 69.6 Å². The summed E-state index contributed by atoms with van der Waals surface area (Å²) in [5, 5.41) is 7.52. The first-order chi connectivity index (χ1) is 20.0. The van der Waals surface area contributed by atoms with Crippen LogP contribution in [0.15, 0.2) is 72.8 Å². The van der Waals surface area contributed by atoms with E-state index in [-0.39, 0.29) is 23.4 Å². The summed E-state index contributed by atoms with van der Waals surface area (Å²) in [6.07, 6.45) is 5.45. The van der Waals surface area contributed by atoms with Crippen molar-refractivity contribution in [3.63, 3.8) is 0 Å². The number of hydrogen-bond acceptors (Lipinski definition) is 4. The van der Waals surface area contributed by atoms with Crippen LogP contribution in [-0.4, -0.2) is 54.5 Å². The molecule has 0 atom stereocenters. The molecule has 2 N–H and O–H groups in total. The van der Waals surface area contributed by atoms with Crippen molar-refractivity contribution in [2.75, 3.05) is 20.6 Å². The Morgan fingerprint density at radius 2 is 1.43 bits per heavy atom. The molecule has 1 saturated carbocycles. The molecule has 2 amide bonds. The van der Waals surface area contributed by atoms with Crippen molar-refractivity contribution in [3.05, 3.63) is 99.5 Å². The number of carbonyl (C=O) groups is 2. The molecule has 0 saturated heterocycles. The first-order valence-electron chi connectivity index (χ1n) is 14.5. The van der Waals surface area contributed by atoms with E-state index in [1.807, 2.05) is 36.4 Å². The summed E-state index contributed by atoms with van der Waals surface area (Å²) in [5.74, 6) is 0.380. The van der Waals surface area contributed by atoms with Gasteiger partial charge in [0.05, 0.1) is 0 Å². The van der Waals surface area contributed by atoms with Crippen LogP contribution < -0.4 is 15.4 Å². The maximum absolute atomic E-state index is 13.3. The number of hydrogen-bond donors (Lipinski definition) is 2. The summed E-state index contributed by atoms with van der Waals surface area (Å²) >= 11 is 12.0. The van der Waals surface area contributed by atoms with Gasteiger partial charge in [-0.2, -0.15) is 0 Å². The van der Waals surface area contributed by atoms with Crippen LogP contribution in [0.4, 0.5) is 0 Å².